The van der Waals surface area contributed by atoms with Crippen molar-refractivity contribution < 1.29 is 92.2 Å². The van der Waals surface area contributed by atoms with Crippen LogP contribution in [-0.4, -0.2) is 27.3 Å². The van der Waals surface area contributed by atoms with Crippen LogP contribution in [0.5, 0.6) is 0 Å². The van der Waals surface area contributed by atoms with Crippen molar-refractivity contribution in [1.29, 1.82) is 0 Å². The van der Waals surface area contributed by atoms with Crippen LogP contribution < -0.4 is 37.2 Å². The van der Waals surface area contributed by atoms with Crippen LogP contribution in [0.1, 0.15) is 0 Å². The Morgan fingerprint density at radius 2 is 0.667 bits per heavy atom. The Labute approximate surface area is 117 Å². The first kappa shape index (κ1) is 54.2. The summed E-state index contributed by atoms with van der Waals surface area (Å²) in [5, 5.41) is 0. The van der Waals surface area contributed by atoms with E-state index in [1.165, 1.54) is 0 Å². The van der Waals surface area contributed by atoms with Gasteiger partial charge in [0.1, 0.15) is 0 Å². The molecule has 0 rings (SSSR count). The van der Waals surface area contributed by atoms with E-state index in [0.29, 0.717) is 0 Å². The quantitative estimate of drug-likeness (QED) is 0.236. The fraction of sp³-hybridized carbons (Fsp3) is 0. The van der Waals surface area contributed by atoms with Crippen molar-refractivity contribution in [3.63, 3.8) is 0 Å². The molecule has 0 aromatic heterocycles. The summed E-state index contributed by atoms with van der Waals surface area (Å²) in [6.07, 6.45) is 0. The normalized spacial score (nSPS) is 0. The van der Waals surface area contributed by atoms with Gasteiger partial charge in [-0.25, -0.2) is 0 Å². The average Bonchev–Trinajstić information content (AvgIpc) is 0. The molecule has 0 spiro atoms. The summed E-state index contributed by atoms with van der Waals surface area (Å²) in [4.78, 5) is 0. The molecular weight excluding hydrogens is 624 g/mol. The average molecular weight is 624 g/mol. The fourth-order valence-corrected chi connectivity index (χ4v) is 0. The Morgan fingerprint density at radius 1 is 0.667 bits per heavy atom. The second-order valence-corrected chi connectivity index (χ2v) is 0. The van der Waals surface area contributed by atoms with Crippen molar-refractivity contribution in [3.8, 4) is 0 Å². The first-order valence-corrected chi connectivity index (χ1v) is 0. The van der Waals surface area contributed by atoms with Gasteiger partial charge in [-0.15, -0.1) is 0 Å². The van der Waals surface area contributed by atoms with Gasteiger partial charge in [-0.05, 0) is 0 Å². The van der Waals surface area contributed by atoms with Crippen LogP contribution in [0.25, 0.3) is 0 Å². The first-order chi connectivity index (χ1) is 0. The zero-order valence-electron chi connectivity index (χ0n) is 3.13. The van der Waals surface area contributed by atoms with Crippen molar-refractivity contribution in [3.05, 3.63) is 0 Å². The van der Waals surface area contributed by atoms with E-state index in [1.807, 2.05) is 0 Å². The molecule has 0 atom stereocenters. The summed E-state index contributed by atoms with van der Waals surface area (Å²) in [5.41, 5.74) is 0. The minimum Gasteiger partial charge on any atom is -1.00 e. The van der Waals surface area contributed by atoms with Crippen molar-refractivity contribution in [1.82, 2.24) is 0 Å². The molecule has 6 heavy (non-hydrogen) atoms. The number of hydrogen-bond donors (Lipinski definition) is 0. The van der Waals surface area contributed by atoms with E-state index >= 15 is 0 Å². The Morgan fingerprint density at radius 3 is 0.667 bits per heavy atom. The number of rotatable bonds is 0. The van der Waals surface area contributed by atoms with Gasteiger partial charge in [-0.2, -0.15) is 0 Å². The van der Waals surface area contributed by atoms with Crippen LogP contribution in [0.4, 0.5) is 0 Å². The van der Waals surface area contributed by atoms with Crippen LogP contribution in [-0.2, 0) is 55.0 Å². The molecule has 6 heteroatoms. The molecule has 0 amide bonds. The SMILES string of the molecule is [Cd+2].[Cl-].[Cl-].[Cl-].[Hg].[Tl+]. The molecule has 0 saturated carbocycles. The predicted octanol–water partition coefficient (Wildman–Crippen LogP) is -9.37. The summed E-state index contributed by atoms with van der Waals surface area (Å²) in [5.74, 6) is 0. The first-order valence-electron chi connectivity index (χ1n) is 0. The molecular formula is CdCl3HgTl. The van der Waals surface area contributed by atoms with E-state index in [1.54, 1.807) is 0 Å². The molecule has 0 nitrogen and oxygen atoms in total. The van der Waals surface area contributed by atoms with Gasteiger partial charge >= 0.3 is 54.6 Å². The number of hydrogen-bond acceptors (Lipinski definition) is 0. The molecule has 0 unspecified atom stereocenters. The van der Waals surface area contributed by atoms with Gasteiger partial charge in [0.05, 0.1) is 0 Å². The summed E-state index contributed by atoms with van der Waals surface area (Å²) in [7, 11) is 0. The van der Waals surface area contributed by atoms with Crippen LogP contribution in [0.15, 0.2) is 0 Å². The molecule has 0 heterocycles. The van der Waals surface area contributed by atoms with E-state index in [2.05, 4.69) is 0 Å². The third-order valence-corrected chi connectivity index (χ3v) is 0. The van der Waals surface area contributed by atoms with E-state index in [4.69, 9.17) is 0 Å². The maximum absolute atomic E-state index is 0. The van der Waals surface area contributed by atoms with Crippen molar-refractivity contribution in [2.45, 2.75) is 0 Å². The van der Waals surface area contributed by atoms with Gasteiger partial charge in [0, 0.05) is 27.7 Å². The molecule has 28 valence electrons. The van der Waals surface area contributed by atoms with Crippen molar-refractivity contribution in [2.75, 3.05) is 0 Å². The van der Waals surface area contributed by atoms with Crippen LogP contribution in [0.2, 0.25) is 0 Å². The zero-order chi connectivity index (χ0) is 0. The maximum Gasteiger partial charge on any atom is 2.00 e. The number of halogens is 3. The Hall–Kier alpha value is 3.65. The fourth-order valence-electron chi connectivity index (χ4n) is 0. The van der Waals surface area contributed by atoms with Crippen molar-refractivity contribution >= 4 is 27.3 Å². The van der Waals surface area contributed by atoms with Crippen LogP contribution in [0, 0.1) is 0 Å². The smallest absolute Gasteiger partial charge is 1.00 e. The molecule has 0 radical (unpaired) electrons. The van der Waals surface area contributed by atoms with Crippen LogP contribution >= 0.6 is 0 Å². The molecule has 0 N–H and O–H groups in total. The monoisotopic (exact) mass is 626 g/mol. The minimum atomic E-state index is 0. The molecule has 0 aliphatic heterocycles. The summed E-state index contributed by atoms with van der Waals surface area (Å²) >= 11 is 0. The summed E-state index contributed by atoms with van der Waals surface area (Å²) in [6.45, 7) is 0. The Balaban J connectivity index is 0. The Bertz CT molecular complexity index is 10.8. The van der Waals surface area contributed by atoms with Gasteiger partial charge in [-0.1, -0.05) is 0 Å². The molecule has 0 aromatic carbocycles. The molecule has 0 aromatic rings. The van der Waals surface area contributed by atoms with Gasteiger partial charge in [0.15, 0.2) is 0 Å². The molecule has 0 fully saturated rings. The van der Waals surface area contributed by atoms with Crippen LogP contribution in [0.3, 0.4) is 0 Å². The van der Waals surface area contributed by atoms with Gasteiger partial charge in [0.2, 0.25) is 0 Å². The summed E-state index contributed by atoms with van der Waals surface area (Å²) < 4.78 is 0. The van der Waals surface area contributed by atoms with Gasteiger partial charge < -0.3 is 37.2 Å². The second-order valence-electron chi connectivity index (χ2n) is 0. The largest absolute Gasteiger partial charge is 2.00 e. The van der Waals surface area contributed by atoms with E-state index in [9.17, 15) is 0 Å². The minimum absolute atomic E-state index is 0. The molecule has 0 aliphatic carbocycles. The third kappa shape index (κ3) is 25.4. The maximum atomic E-state index is 0. The topological polar surface area (TPSA) is 0 Å². The van der Waals surface area contributed by atoms with Gasteiger partial charge in [-0.3, -0.25) is 0 Å². The summed E-state index contributed by atoms with van der Waals surface area (Å²) in [6, 6.07) is 0. The van der Waals surface area contributed by atoms with E-state index < -0.39 is 0 Å². The standard InChI is InChI=1S/Cd.3ClH.Hg.Tl/h;3*1H;;/q+2;;;;;+1/p-3. The van der Waals surface area contributed by atoms with E-state index in [-0.39, 0.29) is 119 Å². The Kier molecular flexibility index (Phi) is 343. The van der Waals surface area contributed by atoms with E-state index in [0.717, 1.165) is 0 Å². The van der Waals surface area contributed by atoms with Crippen molar-refractivity contribution in [2.24, 2.45) is 0 Å². The van der Waals surface area contributed by atoms with Gasteiger partial charge in [0.25, 0.3) is 0 Å². The zero-order valence-corrected chi connectivity index (χ0v) is 19.4. The third-order valence-electron chi connectivity index (χ3n) is 0. The second kappa shape index (κ2) is 38.0. The molecule has 0 aliphatic rings. The molecule has 0 saturated heterocycles. The molecule has 0 bridgehead atoms. The predicted molar refractivity (Wildman–Crippen MR) is 5.75 cm³/mol.